The van der Waals surface area contributed by atoms with Crippen LogP contribution in [0, 0.1) is 36.0 Å². The Bertz CT molecular complexity index is 2020. The van der Waals surface area contributed by atoms with E-state index in [0.717, 1.165) is 22.6 Å². The first-order chi connectivity index (χ1) is 26.5. The number of amides is 4. The van der Waals surface area contributed by atoms with Gasteiger partial charge in [-0.25, -0.2) is 13.4 Å². The molecule has 4 fully saturated rings. The van der Waals surface area contributed by atoms with Crippen LogP contribution in [0.5, 0.6) is 0 Å². The Hall–Kier alpha value is -4.11. The third-order valence-electron chi connectivity index (χ3n) is 11.6. The van der Waals surface area contributed by atoms with Crippen LogP contribution in [0.1, 0.15) is 93.9 Å². The van der Waals surface area contributed by atoms with E-state index in [1.807, 2.05) is 58.0 Å². The monoisotopic (exact) mass is 807 g/mol. The number of rotatable bonds is 8. The fraction of sp³-hybridized carbons (Fsp3) is 0.610. The first-order valence-electron chi connectivity index (χ1n) is 19.9. The van der Waals surface area contributed by atoms with Crippen LogP contribution in [0.3, 0.4) is 0 Å². The fourth-order valence-corrected chi connectivity index (χ4v) is 10.6. The molecule has 6 atom stereocenters. The van der Waals surface area contributed by atoms with E-state index >= 15 is 0 Å². The summed E-state index contributed by atoms with van der Waals surface area (Å²) in [4.78, 5) is 80.3. The largest absolute Gasteiger partial charge is 0.465 e. The first-order valence-corrected chi connectivity index (χ1v) is 22.2. The Balaban J connectivity index is 1.17. The Morgan fingerprint density at radius 1 is 1.04 bits per heavy atom. The highest BCUT2D eigenvalue weighted by molar-refractivity contribution is 7.91. The van der Waals surface area contributed by atoms with Gasteiger partial charge in [0.15, 0.2) is 0 Å². The van der Waals surface area contributed by atoms with Gasteiger partial charge < -0.3 is 19.9 Å². The molecule has 13 nitrogen and oxygen atoms in total. The number of nitrogens with one attached hydrogen (secondary N) is 2. The van der Waals surface area contributed by atoms with Crippen molar-refractivity contribution in [3.8, 4) is 10.6 Å². The molecule has 2 aromatic rings. The number of aryl methyl sites for hydroxylation is 1. The van der Waals surface area contributed by atoms with Crippen molar-refractivity contribution in [1.82, 2.24) is 24.8 Å². The number of carbonyl (C=O) groups is 5. The molecule has 0 aromatic carbocycles. The quantitative estimate of drug-likeness (QED) is 0.285. The van der Waals surface area contributed by atoms with E-state index in [9.17, 15) is 32.4 Å². The van der Waals surface area contributed by atoms with Crippen molar-refractivity contribution in [1.29, 1.82) is 0 Å². The zero-order valence-electron chi connectivity index (χ0n) is 32.6. The predicted molar refractivity (Wildman–Crippen MR) is 210 cm³/mol. The van der Waals surface area contributed by atoms with Gasteiger partial charge in [0.2, 0.25) is 21.8 Å². The number of fused-ring (bicyclic) bond motifs is 4. The number of aromatic nitrogens is 1. The second-order valence-corrected chi connectivity index (χ2v) is 20.8. The average molecular weight is 808 g/mol. The standard InChI is InChI=1S/C41H53N5O8S2/c1-25-15-18-33(55-25)31-13-10-14-32(42-31)38(50)45-21-27-22-46-35(30(27)23-45)36(48)43-41(39(51)44-56(52,53)29-16-17-29)20-28(41)12-9-7-5-6-8-11-26(37(46)49)19-34(47)54-24-40(2,3)4/h9-10,12-15,18,26-30,35H,5-8,11,16-17,19-24H2,1-4H3,(H,43,48)(H,44,51)/b12-9-/t26-,27+,28-,30+,35+,41-/m1/s1. The van der Waals surface area contributed by atoms with Gasteiger partial charge in [-0.15, -0.1) is 11.3 Å². The molecular formula is C41H53N5O8S2. The topological polar surface area (TPSA) is 172 Å². The second kappa shape index (κ2) is 15.7. The lowest BCUT2D eigenvalue weighted by Crippen LogP contribution is -2.58. The molecule has 5 heterocycles. The molecule has 0 unspecified atom stereocenters. The number of hydrogen-bond acceptors (Lipinski definition) is 10. The number of hydrogen-bond donors (Lipinski definition) is 2. The number of esters is 1. The zero-order valence-corrected chi connectivity index (χ0v) is 34.3. The third-order valence-corrected chi connectivity index (χ3v) is 14.5. The molecule has 2 aromatic heterocycles. The smallest absolute Gasteiger partial charge is 0.306 e. The van der Waals surface area contributed by atoms with Gasteiger partial charge >= 0.3 is 5.97 Å². The molecule has 302 valence electrons. The van der Waals surface area contributed by atoms with Gasteiger partial charge in [-0.1, -0.05) is 51.8 Å². The molecule has 2 saturated heterocycles. The number of thiophene rings is 1. The van der Waals surface area contributed by atoms with Crippen LogP contribution >= 0.6 is 11.3 Å². The maximum atomic E-state index is 14.7. The fourth-order valence-electron chi connectivity index (χ4n) is 8.35. The van der Waals surface area contributed by atoms with Gasteiger partial charge in [-0.2, -0.15) is 0 Å². The highest BCUT2D eigenvalue weighted by Gasteiger charge is 2.63. The number of ether oxygens (including phenoxy) is 1. The number of nitrogens with zero attached hydrogens (tertiary/aromatic N) is 3. The molecule has 3 aliphatic heterocycles. The Morgan fingerprint density at radius 3 is 2.54 bits per heavy atom. The average Bonchev–Trinajstić information content (AvgIpc) is 3.99. The van der Waals surface area contributed by atoms with Crippen molar-refractivity contribution in [3.05, 3.63) is 53.1 Å². The second-order valence-electron chi connectivity index (χ2n) is 17.5. The van der Waals surface area contributed by atoms with Crippen molar-refractivity contribution in [3.63, 3.8) is 0 Å². The van der Waals surface area contributed by atoms with Gasteiger partial charge in [-0.05, 0) is 75.1 Å². The summed E-state index contributed by atoms with van der Waals surface area (Å²) in [5.74, 6) is -4.33. The summed E-state index contributed by atoms with van der Waals surface area (Å²) in [7, 11) is -3.90. The van der Waals surface area contributed by atoms with E-state index in [0.29, 0.717) is 37.8 Å². The molecule has 0 spiro atoms. The Labute approximate surface area is 333 Å². The molecule has 0 radical (unpaired) electrons. The lowest BCUT2D eigenvalue weighted by molar-refractivity contribution is -0.152. The summed E-state index contributed by atoms with van der Waals surface area (Å²) in [5.41, 5.74) is -0.785. The van der Waals surface area contributed by atoms with Crippen LogP contribution < -0.4 is 10.0 Å². The summed E-state index contributed by atoms with van der Waals surface area (Å²) in [6.07, 6.45) is 8.37. The van der Waals surface area contributed by atoms with Crippen LogP contribution in [0.25, 0.3) is 10.6 Å². The van der Waals surface area contributed by atoms with E-state index in [1.54, 1.807) is 33.3 Å². The molecule has 56 heavy (non-hydrogen) atoms. The zero-order chi connectivity index (χ0) is 40.0. The summed E-state index contributed by atoms with van der Waals surface area (Å²) in [6.45, 7) is 8.73. The Morgan fingerprint density at radius 2 is 1.82 bits per heavy atom. The molecule has 2 saturated carbocycles. The van der Waals surface area contributed by atoms with Gasteiger partial charge in [-0.3, -0.25) is 28.7 Å². The summed E-state index contributed by atoms with van der Waals surface area (Å²) >= 11 is 1.59. The van der Waals surface area contributed by atoms with Crippen LogP contribution in [0.15, 0.2) is 42.5 Å². The normalized spacial score (nSPS) is 28.9. The van der Waals surface area contributed by atoms with E-state index in [-0.39, 0.29) is 67.9 Å². The van der Waals surface area contributed by atoms with Crippen molar-refractivity contribution >= 4 is 51.0 Å². The third kappa shape index (κ3) is 8.73. The molecular weight excluding hydrogens is 755 g/mol. The number of allylic oxidation sites excluding steroid dienone is 1. The maximum Gasteiger partial charge on any atom is 0.306 e. The minimum absolute atomic E-state index is 0.126. The maximum absolute atomic E-state index is 14.7. The summed E-state index contributed by atoms with van der Waals surface area (Å²) in [5, 5.41) is 2.32. The molecule has 4 amide bonds. The van der Waals surface area contributed by atoms with Crippen LogP contribution in [-0.2, 0) is 33.9 Å². The molecule has 2 N–H and O–H groups in total. The number of likely N-dealkylation sites (tertiary alicyclic amines) is 1. The van der Waals surface area contributed by atoms with Crippen LogP contribution in [0.4, 0.5) is 0 Å². The van der Waals surface area contributed by atoms with E-state index in [4.69, 9.17) is 4.74 Å². The number of carbonyl (C=O) groups excluding carboxylic acids is 5. The van der Waals surface area contributed by atoms with Gasteiger partial charge in [0.05, 0.1) is 28.8 Å². The van der Waals surface area contributed by atoms with Crippen LogP contribution in [0.2, 0.25) is 0 Å². The highest BCUT2D eigenvalue weighted by atomic mass is 32.2. The highest BCUT2D eigenvalue weighted by Crippen LogP contribution is 2.47. The van der Waals surface area contributed by atoms with Gasteiger partial charge in [0.25, 0.3) is 11.8 Å². The molecule has 2 aliphatic carbocycles. The van der Waals surface area contributed by atoms with Crippen molar-refractivity contribution < 1.29 is 37.1 Å². The summed E-state index contributed by atoms with van der Waals surface area (Å²) in [6, 6.07) is 8.26. The van der Waals surface area contributed by atoms with E-state index in [1.165, 1.54) is 0 Å². The molecule has 7 rings (SSSR count). The minimum Gasteiger partial charge on any atom is -0.465 e. The van der Waals surface area contributed by atoms with Crippen molar-refractivity contribution in [2.45, 2.75) is 102 Å². The first kappa shape index (κ1) is 40.1. The SMILES string of the molecule is Cc1ccc(-c2cccc(C(=O)N3C[C@H]4CN5C(=O)[C@@H](CC(=O)OCC(C)(C)C)CCCCC/C=C\[C@@H]6C[C@@]6(C(=O)NS(=O)(=O)C6CC6)NC(=O)[C@@H]5[C@H]4C3)n2)s1. The Kier molecular flexibility index (Phi) is 11.2. The molecule has 15 heteroatoms. The van der Waals surface area contributed by atoms with Gasteiger partial charge in [0.1, 0.15) is 17.3 Å². The number of pyridine rings is 1. The van der Waals surface area contributed by atoms with E-state index in [2.05, 4.69) is 15.0 Å². The minimum atomic E-state index is -3.90. The molecule has 5 aliphatic rings. The lowest BCUT2D eigenvalue weighted by atomic mass is 9.92. The van der Waals surface area contributed by atoms with Crippen molar-refractivity contribution in [2.75, 3.05) is 26.2 Å². The van der Waals surface area contributed by atoms with Crippen LogP contribution in [-0.4, -0.2) is 95.9 Å². The molecule has 0 bridgehead atoms. The predicted octanol–water partition coefficient (Wildman–Crippen LogP) is 4.62. The lowest BCUT2D eigenvalue weighted by Gasteiger charge is -2.32. The summed E-state index contributed by atoms with van der Waals surface area (Å²) < 4.78 is 33.7. The van der Waals surface area contributed by atoms with E-state index < -0.39 is 62.4 Å². The van der Waals surface area contributed by atoms with Crippen molar-refractivity contribution in [2.24, 2.45) is 29.1 Å². The number of sulfonamides is 1. The van der Waals surface area contributed by atoms with Gasteiger partial charge in [0, 0.05) is 48.2 Å².